The van der Waals surface area contributed by atoms with E-state index in [4.69, 9.17) is 0 Å². The minimum atomic E-state index is -5.02. The summed E-state index contributed by atoms with van der Waals surface area (Å²) in [5.41, 5.74) is -0.735. The highest BCUT2D eigenvalue weighted by molar-refractivity contribution is 7.99. The molecule has 0 saturated carbocycles. The molecule has 3 N–H and O–H groups in total. The van der Waals surface area contributed by atoms with Crippen LogP contribution < -0.4 is 22.5 Å². The largest absolute Gasteiger partial charge is 0.416 e. The lowest BCUT2D eigenvalue weighted by Gasteiger charge is -2.18. The first-order valence-corrected chi connectivity index (χ1v) is 17.8. The van der Waals surface area contributed by atoms with E-state index in [0.29, 0.717) is 34.0 Å². The van der Waals surface area contributed by atoms with Crippen LogP contribution in [0, 0.1) is 27.7 Å². The fourth-order valence-electron chi connectivity index (χ4n) is 5.57. The van der Waals surface area contributed by atoms with Gasteiger partial charge >= 0.3 is 23.7 Å². The predicted molar refractivity (Wildman–Crippen MR) is 193 cm³/mol. The second-order valence-electron chi connectivity index (χ2n) is 12.3. The highest BCUT2D eigenvalue weighted by atomic mass is 32.2. The molecule has 3 aromatic carbocycles. The van der Waals surface area contributed by atoms with Crippen molar-refractivity contribution in [3.8, 4) is 0 Å². The SMILES string of the molecule is CCc1c(Sc2cc(C)cc(C)c2)[nH]c(=O)[nH]c1=O.CCc1c(Sc2cc(C)cc(C)c2)n(Cc2cc(C(F)(F)F)cc(C(F)(F)F)c2)c(=O)[nH]c1=O. The molecule has 16 heteroatoms. The Bertz CT molecular complexity index is 2300. The van der Waals surface area contributed by atoms with Crippen LogP contribution >= 0.6 is 23.5 Å². The molecule has 0 aliphatic heterocycles. The zero-order chi connectivity index (χ0) is 39.4. The van der Waals surface area contributed by atoms with Crippen molar-refractivity contribution in [3.63, 3.8) is 0 Å². The van der Waals surface area contributed by atoms with E-state index in [9.17, 15) is 45.5 Å². The molecule has 0 amide bonds. The molecular formula is C37H36F6N4O4S2. The van der Waals surface area contributed by atoms with Crippen molar-refractivity contribution < 1.29 is 26.3 Å². The Labute approximate surface area is 308 Å². The van der Waals surface area contributed by atoms with Gasteiger partial charge < -0.3 is 4.98 Å². The number of halogens is 6. The third-order valence-electron chi connectivity index (χ3n) is 7.77. The average Bonchev–Trinajstić information content (AvgIpc) is 3.01. The first-order valence-electron chi connectivity index (χ1n) is 16.2. The van der Waals surface area contributed by atoms with Gasteiger partial charge in [0.15, 0.2) is 0 Å². The summed E-state index contributed by atoms with van der Waals surface area (Å²) in [6.07, 6.45) is -9.26. The predicted octanol–water partition coefficient (Wildman–Crippen LogP) is 8.35. The van der Waals surface area contributed by atoms with Gasteiger partial charge in [0.25, 0.3) is 11.1 Å². The van der Waals surface area contributed by atoms with E-state index < -0.39 is 47.0 Å². The quantitative estimate of drug-likeness (QED) is 0.108. The molecule has 0 bridgehead atoms. The van der Waals surface area contributed by atoms with Crippen LogP contribution in [0.3, 0.4) is 0 Å². The van der Waals surface area contributed by atoms with Gasteiger partial charge in [0.05, 0.1) is 27.7 Å². The van der Waals surface area contributed by atoms with E-state index in [1.807, 2.05) is 52.8 Å². The summed E-state index contributed by atoms with van der Waals surface area (Å²) in [7, 11) is 0. The van der Waals surface area contributed by atoms with E-state index >= 15 is 0 Å². The molecule has 0 spiro atoms. The molecule has 0 aliphatic rings. The van der Waals surface area contributed by atoms with E-state index in [1.165, 1.54) is 11.8 Å². The molecule has 0 atom stereocenters. The number of rotatable bonds is 8. The highest BCUT2D eigenvalue weighted by Gasteiger charge is 2.37. The lowest BCUT2D eigenvalue weighted by atomic mass is 10.0. The number of aromatic amines is 3. The maximum atomic E-state index is 13.3. The number of benzene rings is 3. The highest BCUT2D eigenvalue weighted by Crippen LogP contribution is 2.37. The summed E-state index contributed by atoms with van der Waals surface area (Å²) in [5, 5.41) is 0.786. The summed E-state index contributed by atoms with van der Waals surface area (Å²) in [4.78, 5) is 57.0. The summed E-state index contributed by atoms with van der Waals surface area (Å²) in [5.74, 6) is 0. The Morgan fingerprint density at radius 2 is 1.04 bits per heavy atom. The number of alkyl halides is 6. The van der Waals surface area contributed by atoms with Crippen LogP contribution in [0.25, 0.3) is 0 Å². The smallest absolute Gasteiger partial charge is 0.301 e. The number of hydrogen-bond acceptors (Lipinski definition) is 6. The van der Waals surface area contributed by atoms with Gasteiger partial charge in [-0.1, -0.05) is 49.5 Å². The zero-order valence-corrected chi connectivity index (χ0v) is 31.1. The number of H-pyrrole nitrogens is 3. The molecule has 5 aromatic rings. The molecule has 2 heterocycles. The number of nitrogens with zero attached hydrogens (tertiary/aromatic N) is 1. The molecule has 8 nitrogen and oxygen atoms in total. The maximum Gasteiger partial charge on any atom is 0.416 e. The van der Waals surface area contributed by atoms with Crippen molar-refractivity contribution in [3.05, 3.63) is 146 Å². The Morgan fingerprint density at radius 1 is 0.585 bits per heavy atom. The van der Waals surface area contributed by atoms with Crippen LogP contribution in [-0.4, -0.2) is 19.5 Å². The number of nitrogens with one attached hydrogen (secondary N) is 3. The third kappa shape index (κ3) is 10.7. The van der Waals surface area contributed by atoms with Crippen LogP contribution in [-0.2, 0) is 31.7 Å². The number of hydrogen-bond donors (Lipinski definition) is 3. The molecule has 53 heavy (non-hydrogen) atoms. The average molecular weight is 779 g/mol. The normalized spacial score (nSPS) is 11.7. The van der Waals surface area contributed by atoms with Crippen molar-refractivity contribution in [2.45, 2.75) is 93.1 Å². The van der Waals surface area contributed by atoms with E-state index in [2.05, 4.69) is 21.0 Å². The first-order chi connectivity index (χ1) is 24.7. The summed E-state index contributed by atoms with van der Waals surface area (Å²) < 4.78 is 80.7. The van der Waals surface area contributed by atoms with Gasteiger partial charge in [0, 0.05) is 20.9 Å². The standard InChI is InChI=1S/C23H20F6N2O2S.C14H16N2O2S/c1-4-18-19(32)30-21(33)31(20(18)34-17-6-12(2)5-13(3)7-17)11-14-8-15(22(24,25)26)10-16(9-14)23(27,28)29;1-4-11-12(17)15-14(18)16-13(11)19-10-6-8(2)5-9(3)7-10/h5-10H,4,11H2,1-3H3,(H,30,32,33);5-7H,4H2,1-3H3,(H2,15,16,17,18). The molecule has 0 unspecified atom stereocenters. The van der Waals surface area contributed by atoms with Gasteiger partial charge in [-0.25, -0.2) is 9.59 Å². The Kier molecular flexibility index (Phi) is 12.8. The molecule has 0 radical (unpaired) electrons. The molecule has 0 saturated heterocycles. The van der Waals surface area contributed by atoms with Crippen molar-refractivity contribution in [2.75, 3.05) is 0 Å². The van der Waals surface area contributed by atoms with E-state index in [1.54, 1.807) is 19.1 Å². The fraction of sp³-hybridized carbons (Fsp3) is 0.297. The van der Waals surface area contributed by atoms with Gasteiger partial charge in [-0.2, -0.15) is 26.3 Å². The van der Waals surface area contributed by atoms with Gasteiger partial charge in [0.1, 0.15) is 0 Å². The third-order valence-corrected chi connectivity index (χ3v) is 9.92. The summed E-state index contributed by atoms with van der Waals surface area (Å²) in [6, 6.07) is 12.9. The molecule has 0 fully saturated rings. The van der Waals surface area contributed by atoms with Gasteiger partial charge in [-0.15, -0.1) is 0 Å². The lowest BCUT2D eigenvalue weighted by molar-refractivity contribution is -0.143. The van der Waals surface area contributed by atoms with Crippen molar-refractivity contribution >= 4 is 23.5 Å². The fourth-order valence-corrected chi connectivity index (χ4v) is 8.13. The Hall–Kier alpha value is -4.70. The van der Waals surface area contributed by atoms with Gasteiger partial charge in [-0.05, 0) is 111 Å². The zero-order valence-electron chi connectivity index (χ0n) is 29.5. The summed E-state index contributed by atoms with van der Waals surface area (Å²) in [6.45, 7) is 10.7. The van der Waals surface area contributed by atoms with Crippen LogP contribution in [0.5, 0.6) is 0 Å². The second kappa shape index (κ2) is 16.5. The molecule has 0 aliphatic carbocycles. The van der Waals surface area contributed by atoms with Gasteiger partial charge in [0.2, 0.25) is 0 Å². The summed E-state index contributed by atoms with van der Waals surface area (Å²) >= 11 is 2.48. The van der Waals surface area contributed by atoms with Crippen molar-refractivity contribution in [2.24, 2.45) is 0 Å². The molecule has 5 rings (SSSR count). The lowest BCUT2D eigenvalue weighted by Crippen LogP contribution is -2.34. The monoisotopic (exact) mass is 778 g/mol. The van der Waals surface area contributed by atoms with Crippen molar-refractivity contribution in [1.29, 1.82) is 0 Å². The van der Waals surface area contributed by atoms with E-state index in [0.717, 1.165) is 43.5 Å². The maximum absolute atomic E-state index is 13.3. The second-order valence-corrected chi connectivity index (χ2v) is 14.5. The topological polar surface area (TPSA) is 121 Å². The van der Waals surface area contributed by atoms with E-state index in [-0.39, 0.29) is 34.2 Å². The first kappa shape index (κ1) is 41.1. The van der Waals surface area contributed by atoms with Crippen LogP contribution in [0.2, 0.25) is 0 Å². The number of aryl methyl sites for hydroxylation is 4. The van der Waals surface area contributed by atoms with Crippen LogP contribution in [0.15, 0.2) is 93.6 Å². The Balaban J connectivity index is 0.000000278. The molecule has 2 aromatic heterocycles. The van der Waals surface area contributed by atoms with Crippen LogP contribution in [0.4, 0.5) is 26.3 Å². The minimum Gasteiger partial charge on any atom is -0.301 e. The molecule has 282 valence electrons. The Morgan fingerprint density at radius 3 is 1.49 bits per heavy atom. The minimum absolute atomic E-state index is 0.0296. The van der Waals surface area contributed by atoms with Crippen molar-refractivity contribution in [1.82, 2.24) is 19.5 Å². The number of aromatic nitrogens is 4. The van der Waals surface area contributed by atoms with Gasteiger partial charge in [-0.3, -0.25) is 24.1 Å². The molecular weight excluding hydrogens is 743 g/mol. The van der Waals surface area contributed by atoms with Crippen LogP contribution in [0.1, 0.15) is 63.9 Å².